The topological polar surface area (TPSA) is 76.0 Å². The van der Waals surface area contributed by atoms with Crippen molar-refractivity contribution in [3.05, 3.63) is 59.4 Å². The molecule has 3 aromatic rings. The minimum absolute atomic E-state index is 0.0248. The molecule has 0 spiro atoms. The van der Waals surface area contributed by atoms with Crippen molar-refractivity contribution in [3.63, 3.8) is 0 Å². The highest BCUT2D eigenvalue weighted by molar-refractivity contribution is 5.93. The number of carbonyl (C=O) groups is 2. The molecule has 0 saturated carbocycles. The second kappa shape index (κ2) is 9.57. The molecular weight excluding hydrogens is 376 g/mol. The summed E-state index contributed by atoms with van der Waals surface area (Å²) in [6.07, 6.45) is 1.45. The fraction of sp³-hybridized carbons (Fsp3) is 0.375. The minimum atomic E-state index is -0.0788. The molecule has 0 radical (unpaired) electrons. The molecule has 0 aliphatic rings. The molecule has 1 aromatic heterocycles. The third-order valence-corrected chi connectivity index (χ3v) is 5.18. The summed E-state index contributed by atoms with van der Waals surface area (Å²) in [5, 5.41) is 6.00. The molecule has 0 atom stereocenters. The second-order valence-corrected chi connectivity index (χ2v) is 7.97. The van der Waals surface area contributed by atoms with Gasteiger partial charge in [0.2, 0.25) is 11.8 Å². The summed E-state index contributed by atoms with van der Waals surface area (Å²) in [5.41, 5.74) is 4.76. The van der Waals surface area contributed by atoms with Crippen molar-refractivity contribution < 1.29 is 9.59 Å². The number of fused-ring (bicyclic) bond motifs is 1. The fourth-order valence-electron chi connectivity index (χ4n) is 3.49. The zero-order valence-electron chi connectivity index (χ0n) is 18.2. The lowest BCUT2D eigenvalue weighted by Gasteiger charge is -2.14. The van der Waals surface area contributed by atoms with Crippen molar-refractivity contribution in [3.8, 4) is 0 Å². The first-order valence-corrected chi connectivity index (χ1v) is 10.4. The summed E-state index contributed by atoms with van der Waals surface area (Å²) in [6.45, 7) is 8.53. The van der Waals surface area contributed by atoms with Crippen molar-refractivity contribution in [2.45, 2.75) is 47.1 Å². The average molecular weight is 407 g/mol. The van der Waals surface area contributed by atoms with Gasteiger partial charge in [-0.1, -0.05) is 44.2 Å². The van der Waals surface area contributed by atoms with E-state index < -0.39 is 0 Å². The number of amides is 2. The smallest absolute Gasteiger partial charge is 0.244 e. The van der Waals surface area contributed by atoms with Gasteiger partial charge in [0.05, 0.1) is 11.0 Å². The van der Waals surface area contributed by atoms with Gasteiger partial charge in [0.1, 0.15) is 12.4 Å². The summed E-state index contributed by atoms with van der Waals surface area (Å²) in [6, 6.07) is 13.8. The summed E-state index contributed by atoms with van der Waals surface area (Å²) >= 11 is 0. The number of nitrogens with one attached hydrogen (secondary N) is 2. The van der Waals surface area contributed by atoms with Gasteiger partial charge < -0.3 is 15.2 Å². The van der Waals surface area contributed by atoms with E-state index in [1.165, 1.54) is 0 Å². The number of imidazole rings is 1. The maximum Gasteiger partial charge on any atom is 0.244 e. The van der Waals surface area contributed by atoms with Crippen LogP contribution in [-0.4, -0.2) is 27.9 Å². The van der Waals surface area contributed by atoms with Crippen LogP contribution in [0.2, 0.25) is 0 Å². The Labute approximate surface area is 177 Å². The Bertz CT molecular complexity index is 1030. The van der Waals surface area contributed by atoms with E-state index >= 15 is 0 Å². The third kappa shape index (κ3) is 5.06. The van der Waals surface area contributed by atoms with E-state index in [4.69, 9.17) is 4.98 Å². The molecule has 2 N–H and O–H groups in total. The Morgan fingerprint density at radius 2 is 1.73 bits per heavy atom. The lowest BCUT2D eigenvalue weighted by molar-refractivity contribution is -0.124. The number of hydrogen-bond acceptors (Lipinski definition) is 3. The fourth-order valence-corrected chi connectivity index (χ4v) is 3.49. The summed E-state index contributed by atoms with van der Waals surface area (Å²) in [5.74, 6) is 0.802. The van der Waals surface area contributed by atoms with Crippen LogP contribution in [-0.2, 0) is 22.6 Å². The number of carbonyl (C=O) groups excluding carboxylic acids is 2. The van der Waals surface area contributed by atoms with Gasteiger partial charge in [-0.3, -0.25) is 9.59 Å². The standard InChI is InChI=1S/C24H30N4O2/c1-16(2)24(30)25-14-8-13-21-26-19-11-5-6-12-20(19)28(21)15-22(29)27-23-17(3)9-7-10-18(23)4/h5-7,9-12,16H,8,13-15H2,1-4H3,(H,25,30)(H,27,29). The van der Waals surface area contributed by atoms with Crippen molar-refractivity contribution in [2.24, 2.45) is 5.92 Å². The van der Waals surface area contributed by atoms with Crippen LogP contribution >= 0.6 is 0 Å². The van der Waals surface area contributed by atoms with Crippen molar-refractivity contribution in [1.29, 1.82) is 0 Å². The van der Waals surface area contributed by atoms with Crippen LogP contribution in [0.15, 0.2) is 42.5 Å². The van der Waals surface area contributed by atoms with E-state index in [0.29, 0.717) is 13.0 Å². The van der Waals surface area contributed by atoms with Crippen molar-refractivity contribution >= 4 is 28.5 Å². The molecule has 6 heteroatoms. The molecule has 0 saturated heterocycles. The predicted molar refractivity (Wildman–Crippen MR) is 120 cm³/mol. The van der Waals surface area contributed by atoms with Gasteiger partial charge in [-0.25, -0.2) is 4.98 Å². The Hall–Kier alpha value is -3.15. The Balaban J connectivity index is 1.74. The molecular formula is C24H30N4O2. The SMILES string of the molecule is Cc1cccc(C)c1NC(=O)Cn1c(CCCNC(=O)C(C)C)nc2ccccc21. The van der Waals surface area contributed by atoms with Crippen LogP contribution in [0.3, 0.4) is 0 Å². The van der Waals surface area contributed by atoms with Crippen LogP contribution in [0.4, 0.5) is 5.69 Å². The van der Waals surface area contributed by atoms with Crippen LogP contribution in [0.25, 0.3) is 11.0 Å². The minimum Gasteiger partial charge on any atom is -0.356 e. The van der Waals surface area contributed by atoms with Gasteiger partial charge in [0.15, 0.2) is 0 Å². The molecule has 158 valence electrons. The van der Waals surface area contributed by atoms with Crippen LogP contribution in [0, 0.1) is 19.8 Å². The maximum atomic E-state index is 12.9. The van der Waals surface area contributed by atoms with Gasteiger partial charge in [0.25, 0.3) is 0 Å². The van der Waals surface area contributed by atoms with E-state index in [1.807, 2.05) is 74.7 Å². The molecule has 0 unspecified atom stereocenters. The molecule has 2 amide bonds. The van der Waals surface area contributed by atoms with Gasteiger partial charge in [-0.05, 0) is 43.5 Å². The Kier molecular flexibility index (Phi) is 6.87. The molecule has 0 bridgehead atoms. The number of aromatic nitrogens is 2. The number of benzene rings is 2. The summed E-state index contributed by atoms with van der Waals surface area (Å²) in [4.78, 5) is 29.3. The van der Waals surface area contributed by atoms with Gasteiger partial charge in [-0.15, -0.1) is 0 Å². The lowest BCUT2D eigenvalue weighted by atomic mass is 10.1. The first kappa shape index (κ1) is 21.6. The van der Waals surface area contributed by atoms with Gasteiger partial charge >= 0.3 is 0 Å². The first-order valence-electron chi connectivity index (χ1n) is 10.4. The van der Waals surface area contributed by atoms with E-state index in [9.17, 15) is 9.59 Å². The largest absolute Gasteiger partial charge is 0.356 e. The molecule has 0 fully saturated rings. The van der Waals surface area contributed by atoms with Crippen LogP contribution < -0.4 is 10.6 Å². The molecule has 6 nitrogen and oxygen atoms in total. The highest BCUT2D eigenvalue weighted by Gasteiger charge is 2.15. The third-order valence-electron chi connectivity index (χ3n) is 5.18. The zero-order valence-corrected chi connectivity index (χ0v) is 18.2. The number of nitrogens with zero attached hydrogens (tertiary/aromatic N) is 2. The van der Waals surface area contributed by atoms with Crippen LogP contribution in [0.5, 0.6) is 0 Å². The normalized spacial score (nSPS) is 11.1. The maximum absolute atomic E-state index is 12.9. The van der Waals surface area contributed by atoms with E-state index in [2.05, 4.69) is 10.6 Å². The number of hydrogen-bond donors (Lipinski definition) is 2. The van der Waals surface area contributed by atoms with Gasteiger partial charge in [0, 0.05) is 24.6 Å². The number of para-hydroxylation sites is 3. The zero-order chi connectivity index (χ0) is 21.7. The number of rotatable bonds is 8. The average Bonchev–Trinajstić information content (AvgIpc) is 3.05. The lowest BCUT2D eigenvalue weighted by Crippen LogP contribution is -2.29. The van der Waals surface area contributed by atoms with Crippen molar-refractivity contribution in [2.75, 3.05) is 11.9 Å². The highest BCUT2D eigenvalue weighted by Crippen LogP contribution is 2.21. The van der Waals surface area contributed by atoms with E-state index in [-0.39, 0.29) is 24.3 Å². The van der Waals surface area contributed by atoms with E-state index in [0.717, 1.165) is 40.1 Å². The quantitative estimate of drug-likeness (QED) is 0.555. The first-order chi connectivity index (χ1) is 14.4. The summed E-state index contributed by atoms with van der Waals surface area (Å²) in [7, 11) is 0. The molecule has 2 aromatic carbocycles. The van der Waals surface area contributed by atoms with Crippen molar-refractivity contribution in [1.82, 2.24) is 14.9 Å². The highest BCUT2D eigenvalue weighted by atomic mass is 16.2. The Morgan fingerprint density at radius 3 is 2.43 bits per heavy atom. The van der Waals surface area contributed by atoms with Crippen LogP contribution in [0.1, 0.15) is 37.2 Å². The second-order valence-electron chi connectivity index (χ2n) is 7.97. The monoisotopic (exact) mass is 406 g/mol. The predicted octanol–water partition coefficient (Wildman–Crippen LogP) is 4.00. The molecule has 30 heavy (non-hydrogen) atoms. The molecule has 1 heterocycles. The number of anilines is 1. The summed E-state index contributed by atoms with van der Waals surface area (Å²) < 4.78 is 1.97. The van der Waals surface area contributed by atoms with Gasteiger partial charge in [-0.2, -0.15) is 0 Å². The van der Waals surface area contributed by atoms with E-state index in [1.54, 1.807) is 0 Å². The molecule has 0 aliphatic heterocycles. The molecule has 0 aliphatic carbocycles. The Morgan fingerprint density at radius 1 is 1.03 bits per heavy atom. The number of aryl methyl sites for hydroxylation is 3. The molecule has 3 rings (SSSR count).